The SMILES string of the molecule is CCOCCCNC(=O)/C(C#N)=C\NC1CCCCCCCCCCC1. The van der Waals surface area contributed by atoms with Gasteiger partial charge in [-0.15, -0.1) is 0 Å². The molecule has 0 aromatic rings. The zero-order valence-electron chi connectivity index (χ0n) is 16.5. The molecule has 1 fully saturated rings. The second kappa shape index (κ2) is 15.7. The van der Waals surface area contributed by atoms with Crippen LogP contribution in [-0.4, -0.2) is 31.7 Å². The third-order valence-corrected chi connectivity index (χ3v) is 4.89. The number of amides is 1. The van der Waals surface area contributed by atoms with Gasteiger partial charge in [-0.05, 0) is 26.2 Å². The van der Waals surface area contributed by atoms with Crippen molar-refractivity contribution in [2.45, 2.75) is 90.0 Å². The summed E-state index contributed by atoms with van der Waals surface area (Å²) < 4.78 is 5.24. The van der Waals surface area contributed by atoms with Gasteiger partial charge in [0.25, 0.3) is 5.91 Å². The molecule has 0 unspecified atom stereocenters. The van der Waals surface area contributed by atoms with E-state index in [0.29, 0.717) is 25.8 Å². The molecule has 5 heteroatoms. The minimum Gasteiger partial charge on any atom is -0.387 e. The summed E-state index contributed by atoms with van der Waals surface area (Å²) in [4.78, 5) is 12.1. The summed E-state index contributed by atoms with van der Waals surface area (Å²) in [5.74, 6) is -0.301. The molecule has 5 nitrogen and oxygen atoms in total. The highest BCUT2D eigenvalue weighted by Gasteiger charge is 2.11. The molecule has 1 aliphatic carbocycles. The van der Waals surface area contributed by atoms with E-state index < -0.39 is 0 Å². The summed E-state index contributed by atoms with van der Waals surface area (Å²) in [6.45, 7) is 3.79. The van der Waals surface area contributed by atoms with Crippen LogP contribution in [0.15, 0.2) is 11.8 Å². The lowest BCUT2D eigenvalue weighted by molar-refractivity contribution is -0.117. The summed E-state index contributed by atoms with van der Waals surface area (Å²) in [7, 11) is 0. The molecule has 0 aromatic carbocycles. The standard InChI is InChI=1S/C21H37N3O2/c1-2-26-16-12-15-23-21(25)19(17-22)18-24-20-13-10-8-6-4-3-5-7-9-11-14-20/h18,20,24H,2-16H2,1H3,(H,23,25)/b19-18-. The number of carbonyl (C=O) groups excluding carboxylic acids is 1. The van der Waals surface area contributed by atoms with Crippen LogP contribution < -0.4 is 10.6 Å². The average molecular weight is 364 g/mol. The summed E-state index contributed by atoms with van der Waals surface area (Å²) >= 11 is 0. The van der Waals surface area contributed by atoms with Crippen LogP contribution in [0.4, 0.5) is 0 Å². The minimum atomic E-state index is -0.301. The molecule has 1 saturated carbocycles. The zero-order valence-corrected chi connectivity index (χ0v) is 16.5. The average Bonchev–Trinajstić information content (AvgIpc) is 2.63. The van der Waals surface area contributed by atoms with E-state index in [2.05, 4.69) is 10.6 Å². The van der Waals surface area contributed by atoms with Gasteiger partial charge in [-0.1, -0.05) is 57.8 Å². The van der Waals surface area contributed by atoms with Crippen LogP contribution in [0.1, 0.15) is 84.0 Å². The number of nitriles is 1. The van der Waals surface area contributed by atoms with Gasteiger partial charge in [0.2, 0.25) is 0 Å². The topological polar surface area (TPSA) is 74.1 Å². The van der Waals surface area contributed by atoms with Crippen molar-refractivity contribution >= 4 is 5.91 Å². The number of nitrogens with one attached hydrogen (secondary N) is 2. The molecule has 0 heterocycles. The van der Waals surface area contributed by atoms with E-state index in [-0.39, 0.29) is 11.5 Å². The highest BCUT2D eigenvalue weighted by atomic mass is 16.5. The Morgan fingerprint density at radius 2 is 1.65 bits per heavy atom. The number of nitrogens with zero attached hydrogens (tertiary/aromatic N) is 1. The molecule has 26 heavy (non-hydrogen) atoms. The van der Waals surface area contributed by atoms with Crippen molar-refractivity contribution in [1.82, 2.24) is 10.6 Å². The van der Waals surface area contributed by atoms with Gasteiger partial charge in [0.05, 0.1) is 0 Å². The van der Waals surface area contributed by atoms with Crippen LogP contribution in [0.5, 0.6) is 0 Å². The normalized spacial score (nSPS) is 18.2. The van der Waals surface area contributed by atoms with Gasteiger partial charge in [0, 0.05) is 32.0 Å². The van der Waals surface area contributed by atoms with E-state index in [0.717, 1.165) is 19.3 Å². The third kappa shape index (κ3) is 11.1. The van der Waals surface area contributed by atoms with Crippen LogP contribution in [0, 0.1) is 11.3 Å². The van der Waals surface area contributed by atoms with E-state index in [1.165, 1.54) is 57.8 Å². The van der Waals surface area contributed by atoms with Gasteiger partial charge in [-0.3, -0.25) is 4.79 Å². The van der Waals surface area contributed by atoms with Crippen LogP contribution in [-0.2, 0) is 9.53 Å². The first-order valence-electron chi connectivity index (χ1n) is 10.5. The molecule has 148 valence electrons. The predicted octanol–water partition coefficient (Wildman–Crippen LogP) is 4.20. The molecule has 1 rings (SSSR count). The number of hydrogen-bond donors (Lipinski definition) is 2. The lowest BCUT2D eigenvalue weighted by Crippen LogP contribution is -2.29. The van der Waals surface area contributed by atoms with Gasteiger partial charge in [-0.2, -0.15) is 5.26 Å². The fraction of sp³-hybridized carbons (Fsp3) is 0.810. The maximum Gasteiger partial charge on any atom is 0.263 e. The molecule has 1 aliphatic rings. The Morgan fingerprint density at radius 1 is 1.08 bits per heavy atom. The molecule has 0 radical (unpaired) electrons. The quantitative estimate of drug-likeness (QED) is 0.385. The Hall–Kier alpha value is -1.54. The Labute approximate surface area is 159 Å². The second-order valence-corrected chi connectivity index (χ2v) is 7.10. The van der Waals surface area contributed by atoms with E-state index in [9.17, 15) is 10.1 Å². The maximum absolute atomic E-state index is 12.1. The van der Waals surface area contributed by atoms with Gasteiger partial charge in [0.15, 0.2) is 0 Å². The van der Waals surface area contributed by atoms with Gasteiger partial charge < -0.3 is 15.4 Å². The minimum absolute atomic E-state index is 0.160. The third-order valence-electron chi connectivity index (χ3n) is 4.89. The molecular formula is C21H37N3O2. The smallest absolute Gasteiger partial charge is 0.263 e. The van der Waals surface area contributed by atoms with Gasteiger partial charge in [-0.25, -0.2) is 0 Å². The van der Waals surface area contributed by atoms with Crippen molar-refractivity contribution in [3.63, 3.8) is 0 Å². The number of carbonyl (C=O) groups is 1. The molecular weight excluding hydrogens is 326 g/mol. The highest BCUT2D eigenvalue weighted by molar-refractivity contribution is 5.97. The molecule has 2 N–H and O–H groups in total. The fourth-order valence-corrected chi connectivity index (χ4v) is 3.30. The molecule has 0 saturated heterocycles. The second-order valence-electron chi connectivity index (χ2n) is 7.10. The maximum atomic E-state index is 12.1. The Morgan fingerprint density at radius 3 is 2.19 bits per heavy atom. The van der Waals surface area contributed by atoms with Crippen molar-refractivity contribution < 1.29 is 9.53 Å². The molecule has 0 spiro atoms. The van der Waals surface area contributed by atoms with Gasteiger partial charge >= 0.3 is 0 Å². The van der Waals surface area contributed by atoms with E-state index in [1.807, 2.05) is 13.0 Å². The van der Waals surface area contributed by atoms with Crippen molar-refractivity contribution in [1.29, 1.82) is 5.26 Å². The van der Waals surface area contributed by atoms with Crippen molar-refractivity contribution in [2.75, 3.05) is 19.8 Å². The van der Waals surface area contributed by atoms with E-state index in [4.69, 9.17) is 4.74 Å². The molecule has 0 bridgehead atoms. The van der Waals surface area contributed by atoms with Crippen LogP contribution >= 0.6 is 0 Å². The summed E-state index contributed by atoms with van der Waals surface area (Å²) in [5, 5.41) is 15.4. The largest absolute Gasteiger partial charge is 0.387 e. The van der Waals surface area contributed by atoms with Crippen molar-refractivity contribution in [3.8, 4) is 6.07 Å². The lowest BCUT2D eigenvalue weighted by Gasteiger charge is -2.18. The van der Waals surface area contributed by atoms with Crippen LogP contribution in [0.3, 0.4) is 0 Å². The molecule has 0 aromatic heterocycles. The van der Waals surface area contributed by atoms with E-state index in [1.54, 1.807) is 6.20 Å². The first-order valence-corrected chi connectivity index (χ1v) is 10.5. The summed E-state index contributed by atoms with van der Waals surface area (Å²) in [5.41, 5.74) is 0.160. The Balaban J connectivity index is 2.41. The van der Waals surface area contributed by atoms with E-state index >= 15 is 0 Å². The monoisotopic (exact) mass is 363 g/mol. The van der Waals surface area contributed by atoms with Gasteiger partial charge in [0.1, 0.15) is 11.6 Å². The number of rotatable bonds is 8. The summed E-state index contributed by atoms with van der Waals surface area (Å²) in [6, 6.07) is 2.38. The Kier molecular flexibility index (Phi) is 13.6. The predicted molar refractivity (Wildman–Crippen MR) is 106 cm³/mol. The number of hydrogen-bond acceptors (Lipinski definition) is 4. The first-order chi connectivity index (χ1) is 12.8. The molecule has 0 atom stereocenters. The van der Waals surface area contributed by atoms with Crippen molar-refractivity contribution in [3.05, 3.63) is 11.8 Å². The number of ether oxygens (including phenoxy) is 1. The van der Waals surface area contributed by atoms with Crippen LogP contribution in [0.2, 0.25) is 0 Å². The first kappa shape index (κ1) is 22.5. The zero-order chi connectivity index (χ0) is 18.9. The molecule has 0 aliphatic heterocycles. The van der Waals surface area contributed by atoms with Crippen LogP contribution in [0.25, 0.3) is 0 Å². The summed E-state index contributed by atoms with van der Waals surface area (Å²) in [6.07, 6.45) is 16.4. The fourth-order valence-electron chi connectivity index (χ4n) is 3.30. The lowest BCUT2D eigenvalue weighted by atomic mass is 9.98. The highest BCUT2D eigenvalue weighted by Crippen LogP contribution is 2.17. The Bertz CT molecular complexity index is 431. The van der Waals surface area contributed by atoms with Crippen molar-refractivity contribution in [2.24, 2.45) is 0 Å². The molecule has 1 amide bonds.